The van der Waals surface area contributed by atoms with Crippen molar-refractivity contribution in [3.05, 3.63) is 12.7 Å². The third kappa shape index (κ3) is 8.40. The molecule has 0 aliphatic heterocycles. The number of hydrogen-bond donors (Lipinski definition) is 0. The molecule has 0 saturated heterocycles. The molecule has 0 radical (unpaired) electrons. The summed E-state index contributed by atoms with van der Waals surface area (Å²) in [4.78, 5) is 0. The van der Waals surface area contributed by atoms with Crippen LogP contribution in [0.15, 0.2) is 12.7 Å². The van der Waals surface area contributed by atoms with Crippen molar-refractivity contribution in [2.45, 2.75) is 39.5 Å². The van der Waals surface area contributed by atoms with E-state index in [0.29, 0.717) is 19.0 Å². The second-order valence-corrected chi connectivity index (χ2v) is 7.52. The Morgan fingerprint density at radius 1 is 1.19 bits per heavy atom. The van der Waals surface area contributed by atoms with Gasteiger partial charge >= 0.3 is 6.80 Å². The summed E-state index contributed by atoms with van der Waals surface area (Å²) >= 11 is 1.22. The summed E-state index contributed by atoms with van der Waals surface area (Å²) in [6, 6.07) is 0. The van der Waals surface area contributed by atoms with Crippen molar-refractivity contribution in [1.29, 1.82) is 0 Å². The Labute approximate surface area is 103 Å². The lowest BCUT2D eigenvalue weighted by atomic mass is 10.4. The summed E-state index contributed by atoms with van der Waals surface area (Å²) in [5.74, 6) is 0.593. The van der Waals surface area contributed by atoms with E-state index < -0.39 is 6.80 Å². The van der Waals surface area contributed by atoms with Gasteiger partial charge in [-0.05, 0) is 24.2 Å². The summed E-state index contributed by atoms with van der Waals surface area (Å²) < 4.78 is 22.9. The average molecular weight is 266 g/mol. The van der Waals surface area contributed by atoms with Crippen molar-refractivity contribution >= 4 is 18.2 Å². The molecule has 0 aliphatic carbocycles. The highest BCUT2D eigenvalue weighted by Crippen LogP contribution is 2.60. The maximum absolute atomic E-state index is 12.2. The van der Waals surface area contributed by atoms with Crippen molar-refractivity contribution in [2.75, 3.05) is 19.0 Å². The molecule has 0 fully saturated rings. The van der Waals surface area contributed by atoms with Crippen molar-refractivity contribution < 1.29 is 13.6 Å². The largest absolute Gasteiger partial charge is 0.389 e. The Kier molecular flexibility index (Phi) is 10.6. The molecule has 0 aromatic rings. The minimum Gasteiger partial charge on any atom is -0.301 e. The monoisotopic (exact) mass is 266 g/mol. The highest BCUT2D eigenvalue weighted by Gasteiger charge is 2.24. The van der Waals surface area contributed by atoms with Gasteiger partial charge in [0, 0.05) is 5.75 Å². The van der Waals surface area contributed by atoms with E-state index in [1.807, 2.05) is 0 Å². The third-order valence-corrected chi connectivity index (χ3v) is 5.57. The molecule has 0 bridgehead atoms. The van der Waals surface area contributed by atoms with Crippen LogP contribution in [0.25, 0.3) is 0 Å². The summed E-state index contributed by atoms with van der Waals surface area (Å²) in [6.07, 6.45) is 5.59. The summed E-state index contributed by atoms with van der Waals surface area (Å²) in [5.41, 5.74) is 0. The summed E-state index contributed by atoms with van der Waals surface area (Å²) in [5, 5.41) is 0. The second-order valence-electron chi connectivity index (χ2n) is 3.41. The van der Waals surface area contributed by atoms with Gasteiger partial charge in [0.15, 0.2) is 0 Å². The van der Waals surface area contributed by atoms with Crippen LogP contribution in [0.1, 0.15) is 39.5 Å². The minimum atomic E-state index is -2.95. The Balaban J connectivity index is 4.02. The fourth-order valence-electron chi connectivity index (χ4n) is 0.897. The SMILES string of the molecule is C=CCSP(=O)(OCCCC)OCCCC. The van der Waals surface area contributed by atoms with Gasteiger partial charge in [-0.3, -0.25) is 0 Å². The molecule has 0 aliphatic rings. The topological polar surface area (TPSA) is 35.5 Å². The molecule has 0 N–H and O–H groups in total. The lowest BCUT2D eigenvalue weighted by molar-refractivity contribution is 0.215. The zero-order valence-electron chi connectivity index (χ0n) is 10.3. The minimum absolute atomic E-state index is 0.504. The van der Waals surface area contributed by atoms with E-state index in [0.717, 1.165) is 25.7 Å². The molecule has 0 amide bonds. The standard InChI is InChI=1S/C11H23O3PS/c1-4-7-9-13-15(12,16-11-6-3)14-10-8-5-2/h6H,3-5,7-11H2,1-2H3. The Morgan fingerprint density at radius 3 is 2.06 bits per heavy atom. The van der Waals surface area contributed by atoms with Crippen LogP contribution in [-0.2, 0) is 13.6 Å². The van der Waals surface area contributed by atoms with Crippen LogP contribution in [0.4, 0.5) is 0 Å². The van der Waals surface area contributed by atoms with Gasteiger partial charge in [-0.15, -0.1) is 6.58 Å². The van der Waals surface area contributed by atoms with Crippen LogP contribution < -0.4 is 0 Å². The highest BCUT2D eigenvalue weighted by molar-refractivity contribution is 8.55. The molecule has 0 unspecified atom stereocenters. The maximum atomic E-state index is 12.2. The van der Waals surface area contributed by atoms with Crippen LogP contribution in [-0.4, -0.2) is 19.0 Å². The molecule has 0 spiro atoms. The van der Waals surface area contributed by atoms with E-state index in [9.17, 15) is 4.57 Å². The van der Waals surface area contributed by atoms with Gasteiger partial charge in [-0.2, -0.15) is 0 Å². The fourth-order valence-corrected chi connectivity index (χ4v) is 3.87. The molecule has 96 valence electrons. The lowest BCUT2D eigenvalue weighted by Gasteiger charge is -2.16. The Hall–Kier alpha value is 0.240. The van der Waals surface area contributed by atoms with Crippen LogP contribution in [0.3, 0.4) is 0 Å². The molecule has 5 heteroatoms. The molecule has 16 heavy (non-hydrogen) atoms. The van der Waals surface area contributed by atoms with Crippen molar-refractivity contribution in [2.24, 2.45) is 0 Å². The van der Waals surface area contributed by atoms with E-state index in [2.05, 4.69) is 20.4 Å². The molecular formula is C11H23O3PS. The zero-order chi connectivity index (χ0) is 12.3. The second kappa shape index (κ2) is 10.4. The average Bonchev–Trinajstić information content (AvgIpc) is 2.27. The quantitative estimate of drug-likeness (QED) is 0.310. The molecule has 0 aromatic heterocycles. The predicted molar refractivity (Wildman–Crippen MR) is 72.0 cm³/mol. The molecule has 3 nitrogen and oxygen atoms in total. The van der Waals surface area contributed by atoms with Crippen LogP contribution in [0.5, 0.6) is 0 Å². The first kappa shape index (κ1) is 16.2. The zero-order valence-corrected chi connectivity index (χ0v) is 12.0. The maximum Gasteiger partial charge on any atom is 0.389 e. The number of rotatable bonds is 11. The predicted octanol–water partition coefficient (Wildman–Crippen LogP) is 4.65. The van der Waals surface area contributed by atoms with Crippen LogP contribution in [0.2, 0.25) is 0 Å². The molecule has 0 rings (SSSR count). The molecule has 0 aromatic carbocycles. The van der Waals surface area contributed by atoms with E-state index in [4.69, 9.17) is 9.05 Å². The van der Waals surface area contributed by atoms with E-state index in [1.54, 1.807) is 6.08 Å². The molecule has 0 atom stereocenters. The first-order valence-electron chi connectivity index (χ1n) is 5.83. The van der Waals surface area contributed by atoms with Gasteiger partial charge < -0.3 is 9.05 Å². The summed E-state index contributed by atoms with van der Waals surface area (Å²) in [6.45, 7) is 5.81. The normalized spacial score (nSPS) is 11.6. The molecular weight excluding hydrogens is 243 g/mol. The Morgan fingerprint density at radius 2 is 1.69 bits per heavy atom. The number of unbranched alkanes of at least 4 members (excludes halogenated alkanes) is 2. The van der Waals surface area contributed by atoms with E-state index in [-0.39, 0.29) is 0 Å². The van der Waals surface area contributed by atoms with Gasteiger partial charge in [0.25, 0.3) is 0 Å². The van der Waals surface area contributed by atoms with Gasteiger partial charge in [0.2, 0.25) is 0 Å². The van der Waals surface area contributed by atoms with Gasteiger partial charge in [0.1, 0.15) is 0 Å². The van der Waals surface area contributed by atoms with Crippen LogP contribution >= 0.6 is 18.2 Å². The van der Waals surface area contributed by atoms with Gasteiger partial charge in [-0.1, -0.05) is 32.8 Å². The first-order valence-corrected chi connectivity index (χ1v) is 8.96. The molecule has 0 heterocycles. The first-order chi connectivity index (χ1) is 7.68. The van der Waals surface area contributed by atoms with Crippen LogP contribution in [0, 0.1) is 0 Å². The summed E-state index contributed by atoms with van der Waals surface area (Å²) in [7, 11) is 0. The third-order valence-electron chi connectivity index (χ3n) is 1.85. The van der Waals surface area contributed by atoms with E-state index >= 15 is 0 Å². The van der Waals surface area contributed by atoms with E-state index in [1.165, 1.54) is 11.4 Å². The van der Waals surface area contributed by atoms with Crippen molar-refractivity contribution in [3.63, 3.8) is 0 Å². The fraction of sp³-hybridized carbons (Fsp3) is 0.818. The van der Waals surface area contributed by atoms with Crippen molar-refractivity contribution in [3.8, 4) is 0 Å². The number of hydrogen-bond acceptors (Lipinski definition) is 4. The lowest BCUT2D eigenvalue weighted by Crippen LogP contribution is -1.97. The van der Waals surface area contributed by atoms with Crippen molar-refractivity contribution in [1.82, 2.24) is 0 Å². The van der Waals surface area contributed by atoms with Gasteiger partial charge in [-0.25, -0.2) is 4.57 Å². The highest BCUT2D eigenvalue weighted by atomic mass is 32.7. The van der Waals surface area contributed by atoms with Gasteiger partial charge in [0.05, 0.1) is 13.2 Å². The smallest absolute Gasteiger partial charge is 0.301 e. The Bertz CT molecular complexity index is 207. The molecule has 0 saturated carbocycles.